The van der Waals surface area contributed by atoms with Crippen molar-refractivity contribution in [2.24, 2.45) is 0 Å². The van der Waals surface area contributed by atoms with Crippen molar-refractivity contribution in [3.05, 3.63) is 59.9 Å². The van der Waals surface area contributed by atoms with Crippen molar-refractivity contribution >= 4 is 11.8 Å². The summed E-state index contributed by atoms with van der Waals surface area (Å²) < 4.78 is 5.33. The third kappa shape index (κ3) is 5.57. The Labute approximate surface area is 164 Å². The minimum Gasteiger partial charge on any atom is -0.464 e. The van der Waals surface area contributed by atoms with Gasteiger partial charge < -0.3 is 20.2 Å². The molecule has 1 atom stereocenters. The first-order chi connectivity index (χ1) is 13.6. The van der Waals surface area contributed by atoms with Crippen LogP contribution in [0.3, 0.4) is 0 Å². The van der Waals surface area contributed by atoms with Crippen LogP contribution in [0.5, 0.6) is 0 Å². The molecule has 0 saturated carbocycles. The molecule has 3 N–H and O–H groups in total. The van der Waals surface area contributed by atoms with Crippen LogP contribution in [0.4, 0.5) is 0 Å². The number of rotatable bonds is 7. The zero-order chi connectivity index (χ0) is 19.8. The molecule has 6 nitrogen and oxygen atoms in total. The summed E-state index contributed by atoms with van der Waals surface area (Å²) in [5, 5.41) is 15.4. The van der Waals surface area contributed by atoms with Gasteiger partial charge in [-0.3, -0.25) is 9.59 Å². The van der Waals surface area contributed by atoms with E-state index in [4.69, 9.17) is 4.42 Å². The van der Waals surface area contributed by atoms with Gasteiger partial charge >= 0.3 is 11.8 Å². The number of hydrogen-bond donors (Lipinski definition) is 3. The fourth-order valence-corrected chi connectivity index (χ4v) is 3.25. The van der Waals surface area contributed by atoms with Crippen molar-refractivity contribution in [2.75, 3.05) is 13.1 Å². The molecular weight excluding hydrogens is 356 g/mol. The molecular formula is C22H26N2O4. The number of carbonyl (C=O) groups excluding carboxylic acids is 2. The summed E-state index contributed by atoms with van der Waals surface area (Å²) >= 11 is 0. The van der Waals surface area contributed by atoms with Gasteiger partial charge in [-0.1, -0.05) is 35.9 Å². The molecule has 0 aliphatic heterocycles. The summed E-state index contributed by atoms with van der Waals surface area (Å²) in [7, 11) is 0. The highest BCUT2D eigenvalue weighted by Crippen LogP contribution is 2.22. The van der Waals surface area contributed by atoms with E-state index in [1.807, 2.05) is 24.3 Å². The maximum atomic E-state index is 11.9. The second-order valence-corrected chi connectivity index (χ2v) is 6.94. The summed E-state index contributed by atoms with van der Waals surface area (Å²) in [6, 6.07) is 10.9. The van der Waals surface area contributed by atoms with Gasteiger partial charge in [-0.05, 0) is 49.8 Å². The number of nitrogens with one attached hydrogen (secondary N) is 2. The van der Waals surface area contributed by atoms with E-state index in [0.29, 0.717) is 12.1 Å². The first-order valence-electron chi connectivity index (χ1n) is 9.69. The van der Waals surface area contributed by atoms with Gasteiger partial charge in [-0.2, -0.15) is 0 Å². The number of amides is 2. The molecule has 148 valence electrons. The molecule has 28 heavy (non-hydrogen) atoms. The van der Waals surface area contributed by atoms with Crippen LogP contribution in [0.1, 0.15) is 43.8 Å². The van der Waals surface area contributed by atoms with E-state index >= 15 is 0 Å². The molecule has 3 rings (SSSR count). The Balaban J connectivity index is 1.40. The van der Waals surface area contributed by atoms with Crippen LogP contribution in [0.15, 0.2) is 58.7 Å². The Morgan fingerprint density at radius 1 is 1.07 bits per heavy atom. The molecule has 0 saturated heterocycles. The molecule has 0 radical (unpaired) electrons. The van der Waals surface area contributed by atoms with Crippen LogP contribution >= 0.6 is 0 Å². The number of hydrogen-bond acceptors (Lipinski definition) is 4. The lowest BCUT2D eigenvalue weighted by molar-refractivity contribution is -0.139. The van der Waals surface area contributed by atoms with Gasteiger partial charge in [0, 0.05) is 18.7 Å². The summed E-state index contributed by atoms with van der Waals surface area (Å²) in [6.07, 6.45) is 8.32. The third-order valence-electron chi connectivity index (χ3n) is 4.88. The Kier molecular flexibility index (Phi) is 7.03. The number of aliphatic hydroxyl groups is 1. The number of furan rings is 1. The summed E-state index contributed by atoms with van der Waals surface area (Å²) in [5.41, 5.74) is 2.90. The average Bonchev–Trinajstić information content (AvgIpc) is 3.27. The molecule has 1 aromatic carbocycles. The second-order valence-electron chi connectivity index (χ2n) is 6.94. The van der Waals surface area contributed by atoms with Gasteiger partial charge in [0.1, 0.15) is 5.76 Å². The molecule has 1 aromatic heterocycles. The highest BCUT2D eigenvalue weighted by atomic mass is 16.3. The van der Waals surface area contributed by atoms with Crippen LogP contribution < -0.4 is 10.6 Å². The highest BCUT2D eigenvalue weighted by Gasteiger charge is 2.16. The van der Waals surface area contributed by atoms with Crippen molar-refractivity contribution < 1.29 is 19.1 Å². The number of allylic oxidation sites excluding steroid dienone is 1. The largest absolute Gasteiger partial charge is 0.464 e. The zero-order valence-corrected chi connectivity index (χ0v) is 15.8. The average molecular weight is 382 g/mol. The third-order valence-corrected chi connectivity index (χ3v) is 4.88. The van der Waals surface area contributed by atoms with E-state index in [9.17, 15) is 14.7 Å². The fourth-order valence-electron chi connectivity index (χ4n) is 3.25. The predicted molar refractivity (Wildman–Crippen MR) is 106 cm³/mol. The normalized spacial score (nSPS) is 14.8. The Bertz CT molecular complexity index is 810. The maximum Gasteiger partial charge on any atom is 0.309 e. The van der Waals surface area contributed by atoms with Crippen LogP contribution in [-0.2, 0) is 9.59 Å². The molecule has 1 aliphatic rings. The molecule has 2 amide bonds. The van der Waals surface area contributed by atoms with Crippen molar-refractivity contribution in [1.29, 1.82) is 0 Å². The predicted octanol–water partition coefficient (Wildman–Crippen LogP) is 3.10. The molecule has 1 heterocycles. The van der Waals surface area contributed by atoms with Crippen LogP contribution in [0.25, 0.3) is 11.3 Å². The van der Waals surface area contributed by atoms with E-state index in [1.165, 1.54) is 18.4 Å². The second kappa shape index (κ2) is 9.90. The Morgan fingerprint density at radius 2 is 1.86 bits per heavy atom. The standard InChI is InChI=1S/C22H26N2O4/c25-19(17-8-10-18(11-9-17)20-7-4-14-28-20)15-24-22(27)21(26)23-13-12-16-5-2-1-3-6-16/h4-5,7-11,14,19,25H,1-3,6,12-13,15H2,(H,23,26)(H,24,27). The molecule has 0 fully saturated rings. The highest BCUT2D eigenvalue weighted by molar-refractivity contribution is 6.35. The first kappa shape index (κ1) is 19.9. The number of benzene rings is 1. The maximum absolute atomic E-state index is 11.9. The van der Waals surface area contributed by atoms with E-state index in [2.05, 4.69) is 16.7 Å². The molecule has 1 aliphatic carbocycles. The van der Waals surface area contributed by atoms with Crippen molar-refractivity contribution in [2.45, 2.75) is 38.2 Å². The lowest BCUT2D eigenvalue weighted by Gasteiger charge is -2.14. The monoisotopic (exact) mass is 382 g/mol. The minimum absolute atomic E-state index is 0.0303. The molecule has 0 spiro atoms. The van der Waals surface area contributed by atoms with Crippen LogP contribution in [0.2, 0.25) is 0 Å². The van der Waals surface area contributed by atoms with E-state index in [1.54, 1.807) is 18.4 Å². The lowest BCUT2D eigenvalue weighted by Crippen LogP contribution is -2.41. The summed E-state index contributed by atoms with van der Waals surface area (Å²) in [5.74, 6) is -0.657. The Morgan fingerprint density at radius 3 is 2.54 bits per heavy atom. The fraction of sp³-hybridized carbons (Fsp3) is 0.364. The van der Waals surface area contributed by atoms with Gasteiger partial charge in [-0.15, -0.1) is 0 Å². The molecule has 2 aromatic rings. The van der Waals surface area contributed by atoms with Gasteiger partial charge in [0.05, 0.1) is 12.4 Å². The smallest absolute Gasteiger partial charge is 0.309 e. The van der Waals surface area contributed by atoms with Crippen molar-refractivity contribution in [3.63, 3.8) is 0 Å². The Hall–Kier alpha value is -2.86. The SMILES string of the molecule is O=C(NCCC1=CCCCC1)C(=O)NCC(O)c1ccc(-c2ccco2)cc1. The number of carbonyl (C=O) groups is 2. The first-order valence-corrected chi connectivity index (χ1v) is 9.69. The van der Waals surface area contributed by atoms with Gasteiger partial charge in [-0.25, -0.2) is 0 Å². The van der Waals surface area contributed by atoms with E-state index in [0.717, 1.165) is 30.6 Å². The van der Waals surface area contributed by atoms with Gasteiger partial charge in [0.15, 0.2) is 0 Å². The van der Waals surface area contributed by atoms with Crippen molar-refractivity contribution in [3.8, 4) is 11.3 Å². The molecule has 1 unspecified atom stereocenters. The molecule has 6 heteroatoms. The van der Waals surface area contributed by atoms with Crippen LogP contribution in [-0.4, -0.2) is 30.0 Å². The van der Waals surface area contributed by atoms with Gasteiger partial charge in [0.25, 0.3) is 0 Å². The quantitative estimate of drug-likeness (QED) is 0.507. The summed E-state index contributed by atoms with van der Waals surface area (Å²) in [6.45, 7) is 0.423. The topological polar surface area (TPSA) is 91.6 Å². The minimum atomic E-state index is -0.894. The van der Waals surface area contributed by atoms with Crippen LogP contribution in [0, 0.1) is 0 Å². The number of aliphatic hydroxyl groups excluding tert-OH is 1. The molecule has 0 bridgehead atoms. The van der Waals surface area contributed by atoms with E-state index in [-0.39, 0.29) is 6.54 Å². The zero-order valence-electron chi connectivity index (χ0n) is 15.8. The lowest BCUT2D eigenvalue weighted by atomic mass is 9.97. The van der Waals surface area contributed by atoms with Gasteiger partial charge in [0.2, 0.25) is 0 Å². The van der Waals surface area contributed by atoms with Crippen molar-refractivity contribution in [1.82, 2.24) is 10.6 Å². The van der Waals surface area contributed by atoms with E-state index < -0.39 is 17.9 Å². The summed E-state index contributed by atoms with van der Waals surface area (Å²) in [4.78, 5) is 23.8.